The van der Waals surface area contributed by atoms with E-state index < -0.39 is 0 Å². The molecule has 0 radical (unpaired) electrons. The first-order chi connectivity index (χ1) is 11.6. The lowest BCUT2D eigenvalue weighted by Crippen LogP contribution is -2.31. The molecule has 2 aromatic rings. The number of nitrogens with one attached hydrogen (secondary N) is 1. The molecule has 24 heavy (non-hydrogen) atoms. The van der Waals surface area contributed by atoms with Gasteiger partial charge in [-0.25, -0.2) is 0 Å². The highest BCUT2D eigenvalue weighted by atomic mass is 79.9. The van der Waals surface area contributed by atoms with Crippen LogP contribution in [0.4, 0.5) is 0 Å². The van der Waals surface area contributed by atoms with Crippen LogP contribution in [0.15, 0.2) is 59.1 Å². The van der Waals surface area contributed by atoms with Gasteiger partial charge >= 0.3 is 5.97 Å². The highest BCUT2D eigenvalue weighted by Crippen LogP contribution is 2.24. The molecule has 0 unspecified atom stereocenters. The lowest BCUT2D eigenvalue weighted by molar-refractivity contribution is -0.143. The van der Waals surface area contributed by atoms with Crippen molar-refractivity contribution in [3.63, 3.8) is 0 Å². The molecule has 2 rings (SSSR count). The number of aliphatic hydroxyl groups excluding tert-OH is 1. The molecule has 2 aromatic carbocycles. The number of esters is 1. The predicted octanol–water partition coefficient (Wildman–Crippen LogP) is 3.77. The van der Waals surface area contributed by atoms with Crippen LogP contribution < -0.4 is 5.32 Å². The first-order valence-corrected chi connectivity index (χ1v) is 8.76. The molecule has 0 saturated heterocycles. The maximum atomic E-state index is 12.0. The Kier molecular flexibility index (Phi) is 7.43. The van der Waals surface area contributed by atoms with Crippen LogP contribution in [0.25, 0.3) is 0 Å². The molecular weight excluding hydrogens is 370 g/mol. The monoisotopic (exact) mass is 391 g/mol. The Balaban J connectivity index is 2.20. The molecule has 0 spiro atoms. The molecule has 0 heterocycles. The Morgan fingerprint density at radius 1 is 1.08 bits per heavy atom. The first-order valence-electron chi connectivity index (χ1n) is 7.97. The second kappa shape index (κ2) is 9.57. The minimum atomic E-state index is -0.261. The second-order valence-electron chi connectivity index (χ2n) is 5.43. The van der Waals surface area contributed by atoms with Gasteiger partial charge < -0.3 is 15.2 Å². The quantitative estimate of drug-likeness (QED) is 0.672. The predicted molar refractivity (Wildman–Crippen MR) is 97.5 cm³/mol. The molecule has 0 saturated carbocycles. The van der Waals surface area contributed by atoms with Crippen LogP contribution in [0.5, 0.6) is 0 Å². The summed E-state index contributed by atoms with van der Waals surface area (Å²) in [5, 5.41) is 13.1. The van der Waals surface area contributed by atoms with Crippen molar-refractivity contribution >= 4 is 21.9 Å². The van der Waals surface area contributed by atoms with Gasteiger partial charge in [0.05, 0.1) is 25.7 Å². The van der Waals surface area contributed by atoms with Gasteiger partial charge in [-0.3, -0.25) is 4.79 Å². The Labute approximate surface area is 151 Å². The molecule has 0 aliphatic rings. The van der Waals surface area contributed by atoms with E-state index in [-0.39, 0.29) is 31.1 Å². The highest BCUT2D eigenvalue weighted by molar-refractivity contribution is 9.10. The molecule has 0 aliphatic carbocycles. The third-order valence-corrected chi connectivity index (χ3v) is 4.26. The fraction of sp³-hybridized carbons (Fsp3) is 0.316. The van der Waals surface area contributed by atoms with Crippen LogP contribution >= 0.6 is 15.9 Å². The van der Waals surface area contributed by atoms with Crippen molar-refractivity contribution in [3.8, 4) is 0 Å². The van der Waals surface area contributed by atoms with Crippen molar-refractivity contribution in [2.75, 3.05) is 13.2 Å². The third-order valence-electron chi connectivity index (χ3n) is 3.74. The molecule has 0 fully saturated rings. The topological polar surface area (TPSA) is 58.6 Å². The van der Waals surface area contributed by atoms with Crippen molar-refractivity contribution in [2.24, 2.45) is 0 Å². The van der Waals surface area contributed by atoms with E-state index in [4.69, 9.17) is 4.74 Å². The zero-order valence-corrected chi connectivity index (χ0v) is 15.2. The van der Waals surface area contributed by atoms with Gasteiger partial charge in [-0.15, -0.1) is 0 Å². The lowest BCUT2D eigenvalue weighted by Gasteiger charge is -2.25. The average Bonchev–Trinajstić information content (AvgIpc) is 2.60. The van der Waals surface area contributed by atoms with Gasteiger partial charge in [0.15, 0.2) is 0 Å². The number of hydrogen-bond donors (Lipinski definition) is 2. The first kappa shape index (κ1) is 18.6. The van der Waals surface area contributed by atoms with Crippen LogP contribution in [-0.2, 0) is 9.53 Å². The van der Waals surface area contributed by atoms with Crippen LogP contribution in [0.2, 0.25) is 0 Å². The molecule has 0 amide bonds. The van der Waals surface area contributed by atoms with Gasteiger partial charge in [-0.2, -0.15) is 0 Å². The van der Waals surface area contributed by atoms with E-state index in [1.165, 1.54) is 0 Å². The second-order valence-corrected chi connectivity index (χ2v) is 6.34. The summed E-state index contributed by atoms with van der Waals surface area (Å²) in [6.45, 7) is 2.09. The van der Waals surface area contributed by atoms with E-state index in [0.717, 1.165) is 15.6 Å². The molecule has 4 nitrogen and oxygen atoms in total. The highest BCUT2D eigenvalue weighted by Gasteiger charge is 2.21. The van der Waals surface area contributed by atoms with Crippen molar-refractivity contribution in [3.05, 3.63) is 70.2 Å². The van der Waals surface area contributed by atoms with Gasteiger partial charge in [0.25, 0.3) is 0 Å². The third kappa shape index (κ3) is 5.44. The standard InChI is InChI=1S/C19H22BrNO3/c1-2-24-19(23)12-17(15-8-10-16(20)11-9-15)21-18(13-22)14-6-4-3-5-7-14/h3-11,17-18,21-22H,2,12-13H2,1H3/t17-,18+/m1/s1. The van der Waals surface area contributed by atoms with E-state index in [1.54, 1.807) is 6.92 Å². The summed E-state index contributed by atoms with van der Waals surface area (Å²) in [5.74, 6) is -0.261. The van der Waals surface area contributed by atoms with Gasteiger partial charge in [-0.05, 0) is 30.2 Å². The van der Waals surface area contributed by atoms with E-state index in [2.05, 4.69) is 21.2 Å². The Bertz CT molecular complexity index is 631. The summed E-state index contributed by atoms with van der Waals surface area (Å²) in [4.78, 5) is 12.0. The SMILES string of the molecule is CCOC(=O)C[C@@H](N[C@@H](CO)c1ccccc1)c1ccc(Br)cc1. The fourth-order valence-electron chi connectivity index (χ4n) is 2.54. The van der Waals surface area contributed by atoms with Crippen LogP contribution in [0.3, 0.4) is 0 Å². The van der Waals surface area contributed by atoms with Crippen LogP contribution in [-0.4, -0.2) is 24.3 Å². The molecule has 0 aromatic heterocycles. The van der Waals surface area contributed by atoms with Gasteiger partial charge in [0, 0.05) is 10.5 Å². The lowest BCUT2D eigenvalue weighted by atomic mass is 10.0. The summed E-state index contributed by atoms with van der Waals surface area (Å²) >= 11 is 3.42. The van der Waals surface area contributed by atoms with Crippen LogP contribution in [0.1, 0.15) is 36.6 Å². The Morgan fingerprint density at radius 2 is 1.71 bits per heavy atom. The molecule has 0 aliphatic heterocycles. The molecule has 0 bridgehead atoms. The summed E-state index contributed by atoms with van der Waals surface area (Å²) in [7, 11) is 0. The number of hydrogen-bond acceptors (Lipinski definition) is 4. The number of aliphatic hydroxyl groups is 1. The minimum absolute atomic E-state index is 0.0557. The largest absolute Gasteiger partial charge is 0.466 e. The zero-order chi connectivity index (χ0) is 17.4. The van der Waals surface area contributed by atoms with E-state index in [1.807, 2.05) is 54.6 Å². The Morgan fingerprint density at radius 3 is 2.29 bits per heavy atom. The molecule has 5 heteroatoms. The van der Waals surface area contributed by atoms with Crippen molar-refractivity contribution < 1.29 is 14.6 Å². The van der Waals surface area contributed by atoms with Crippen LogP contribution in [0, 0.1) is 0 Å². The molecule has 2 N–H and O–H groups in total. The van der Waals surface area contributed by atoms with E-state index in [0.29, 0.717) is 6.61 Å². The van der Waals surface area contributed by atoms with Crippen molar-refractivity contribution in [1.82, 2.24) is 5.32 Å². The number of ether oxygens (including phenoxy) is 1. The minimum Gasteiger partial charge on any atom is -0.466 e. The van der Waals surface area contributed by atoms with Crippen molar-refractivity contribution in [2.45, 2.75) is 25.4 Å². The average molecular weight is 392 g/mol. The molecule has 2 atom stereocenters. The summed E-state index contributed by atoms with van der Waals surface area (Å²) < 4.78 is 6.06. The smallest absolute Gasteiger partial charge is 0.307 e. The number of halogens is 1. The number of rotatable bonds is 8. The Hall–Kier alpha value is -1.69. The zero-order valence-electron chi connectivity index (χ0n) is 13.6. The fourth-order valence-corrected chi connectivity index (χ4v) is 2.80. The molecule has 128 valence electrons. The van der Waals surface area contributed by atoms with Gasteiger partial charge in [0.2, 0.25) is 0 Å². The summed E-state index contributed by atoms with van der Waals surface area (Å²) in [6.07, 6.45) is 0.207. The van der Waals surface area contributed by atoms with Gasteiger partial charge in [-0.1, -0.05) is 58.4 Å². The number of carbonyl (C=O) groups is 1. The van der Waals surface area contributed by atoms with E-state index in [9.17, 15) is 9.90 Å². The summed E-state index contributed by atoms with van der Waals surface area (Å²) in [5.41, 5.74) is 1.95. The van der Waals surface area contributed by atoms with E-state index >= 15 is 0 Å². The van der Waals surface area contributed by atoms with Gasteiger partial charge in [0.1, 0.15) is 0 Å². The number of carbonyl (C=O) groups excluding carboxylic acids is 1. The maximum Gasteiger partial charge on any atom is 0.307 e. The maximum absolute atomic E-state index is 12.0. The summed E-state index contributed by atoms with van der Waals surface area (Å²) in [6, 6.07) is 17.0. The van der Waals surface area contributed by atoms with Crippen molar-refractivity contribution in [1.29, 1.82) is 0 Å². The normalized spacial score (nSPS) is 13.3. The number of benzene rings is 2. The molecular formula is C19H22BrNO3.